The Hall–Kier alpha value is -2.18. The van der Waals surface area contributed by atoms with Crippen LogP contribution in [0.1, 0.15) is 44.2 Å². The molecule has 0 aromatic heterocycles. The fraction of sp³-hybridized carbons (Fsp3) is 0.333. The summed E-state index contributed by atoms with van der Waals surface area (Å²) in [5, 5.41) is 4.77. The molecule has 8 heteroatoms. The Morgan fingerprint density at radius 1 is 0.947 bits per heavy atom. The Bertz CT molecular complexity index is 1190. The maximum atomic E-state index is 13.7. The number of halogens is 3. The van der Waals surface area contributed by atoms with E-state index >= 15 is 0 Å². The second kappa shape index (κ2) is 15.4. The fourth-order valence-electron chi connectivity index (χ4n) is 3.92. The quantitative estimate of drug-likeness (QED) is 0.161. The van der Waals surface area contributed by atoms with Crippen LogP contribution in [0.4, 0.5) is 0 Å². The van der Waals surface area contributed by atoms with E-state index in [1.54, 1.807) is 28.8 Å². The number of carbonyl (C=O) groups excluding carboxylic acids is 2. The number of rotatable bonds is 13. The summed E-state index contributed by atoms with van der Waals surface area (Å²) in [6, 6.07) is 22.0. The topological polar surface area (TPSA) is 49.4 Å². The second-order valence-corrected chi connectivity index (χ2v) is 11.6. The van der Waals surface area contributed by atoms with Crippen molar-refractivity contribution in [2.24, 2.45) is 0 Å². The number of nitrogens with one attached hydrogen (secondary N) is 1. The minimum Gasteiger partial charge on any atom is -0.352 e. The van der Waals surface area contributed by atoms with E-state index in [4.69, 9.17) is 34.8 Å². The standard InChI is InChI=1S/C30H33Cl3N2O2S/c1-3-21(2)34-30(37)28(18-22-8-5-4-6-9-22)35(20-23-11-12-25(32)19-27(23)33)29(36)10-7-17-38-26-15-13-24(31)14-16-26/h4-6,8-9,11-16,19,21,28H,3,7,10,17-18,20H2,1-2H3,(H,34,37)/t21-,28-/m0/s1. The molecule has 0 aliphatic heterocycles. The number of nitrogens with zero attached hydrogens (tertiary/aromatic N) is 1. The van der Waals surface area contributed by atoms with Gasteiger partial charge in [0, 0.05) is 45.4 Å². The van der Waals surface area contributed by atoms with Crippen LogP contribution in [0.25, 0.3) is 0 Å². The van der Waals surface area contributed by atoms with Crippen molar-refractivity contribution in [3.63, 3.8) is 0 Å². The van der Waals surface area contributed by atoms with Crippen LogP contribution in [-0.4, -0.2) is 34.6 Å². The molecule has 0 unspecified atom stereocenters. The summed E-state index contributed by atoms with van der Waals surface area (Å²) in [7, 11) is 0. The highest BCUT2D eigenvalue weighted by molar-refractivity contribution is 7.99. The zero-order valence-electron chi connectivity index (χ0n) is 21.6. The maximum absolute atomic E-state index is 13.7. The maximum Gasteiger partial charge on any atom is 0.243 e. The van der Waals surface area contributed by atoms with Crippen LogP contribution in [0.2, 0.25) is 15.1 Å². The summed E-state index contributed by atoms with van der Waals surface area (Å²) in [5.41, 5.74) is 1.73. The molecule has 0 aliphatic carbocycles. The van der Waals surface area contributed by atoms with E-state index in [9.17, 15) is 9.59 Å². The van der Waals surface area contributed by atoms with Gasteiger partial charge in [-0.1, -0.05) is 78.1 Å². The first kappa shape index (κ1) is 30.4. The summed E-state index contributed by atoms with van der Waals surface area (Å²) in [6.07, 6.45) is 2.18. The van der Waals surface area contributed by atoms with Gasteiger partial charge in [-0.05, 0) is 73.0 Å². The molecule has 0 fully saturated rings. The van der Waals surface area contributed by atoms with Crippen molar-refractivity contribution >= 4 is 58.4 Å². The van der Waals surface area contributed by atoms with Gasteiger partial charge in [-0.2, -0.15) is 0 Å². The molecule has 0 bridgehead atoms. The molecule has 202 valence electrons. The molecule has 0 saturated heterocycles. The van der Waals surface area contributed by atoms with E-state index in [2.05, 4.69) is 5.32 Å². The number of hydrogen-bond acceptors (Lipinski definition) is 3. The van der Waals surface area contributed by atoms with Crippen molar-refractivity contribution in [1.29, 1.82) is 0 Å². The Morgan fingerprint density at radius 2 is 1.63 bits per heavy atom. The molecular weight excluding hydrogens is 559 g/mol. The lowest BCUT2D eigenvalue weighted by molar-refractivity contribution is -0.141. The van der Waals surface area contributed by atoms with Crippen LogP contribution < -0.4 is 5.32 Å². The Morgan fingerprint density at radius 3 is 2.29 bits per heavy atom. The van der Waals surface area contributed by atoms with E-state index in [-0.39, 0.29) is 24.4 Å². The fourth-order valence-corrected chi connectivity index (χ4v) is 5.36. The second-order valence-electron chi connectivity index (χ2n) is 9.19. The number of carbonyl (C=O) groups is 2. The van der Waals surface area contributed by atoms with E-state index < -0.39 is 6.04 Å². The predicted octanol–water partition coefficient (Wildman–Crippen LogP) is 8.07. The molecule has 3 rings (SSSR count). The normalized spacial score (nSPS) is 12.6. The first-order chi connectivity index (χ1) is 18.3. The lowest BCUT2D eigenvalue weighted by Crippen LogP contribution is -2.52. The third-order valence-corrected chi connectivity index (χ3v) is 8.18. The molecule has 2 amide bonds. The molecular formula is C30H33Cl3N2O2S. The van der Waals surface area contributed by atoms with Gasteiger partial charge in [0.05, 0.1) is 0 Å². The van der Waals surface area contributed by atoms with Crippen molar-refractivity contribution in [3.8, 4) is 0 Å². The van der Waals surface area contributed by atoms with Crippen molar-refractivity contribution in [3.05, 3.63) is 99.0 Å². The van der Waals surface area contributed by atoms with Crippen LogP contribution in [0.15, 0.2) is 77.7 Å². The van der Waals surface area contributed by atoms with E-state index in [0.717, 1.165) is 28.2 Å². The molecule has 0 heterocycles. The molecule has 1 N–H and O–H groups in total. The average Bonchev–Trinajstić information content (AvgIpc) is 2.91. The first-order valence-electron chi connectivity index (χ1n) is 12.7. The predicted molar refractivity (Wildman–Crippen MR) is 160 cm³/mol. The van der Waals surface area contributed by atoms with Crippen LogP contribution in [-0.2, 0) is 22.6 Å². The van der Waals surface area contributed by atoms with Crippen LogP contribution in [0.3, 0.4) is 0 Å². The van der Waals surface area contributed by atoms with E-state index in [0.29, 0.717) is 34.3 Å². The molecule has 0 radical (unpaired) electrons. The van der Waals surface area contributed by atoms with Gasteiger partial charge < -0.3 is 10.2 Å². The Kier molecular flexibility index (Phi) is 12.3. The van der Waals surface area contributed by atoms with Gasteiger partial charge >= 0.3 is 0 Å². The zero-order valence-corrected chi connectivity index (χ0v) is 24.7. The highest BCUT2D eigenvalue weighted by atomic mass is 35.5. The SMILES string of the molecule is CC[C@H](C)NC(=O)[C@H](Cc1ccccc1)N(Cc1ccc(Cl)cc1Cl)C(=O)CCCSc1ccc(Cl)cc1. The van der Waals surface area contributed by atoms with Crippen LogP contribution in [0.5, 0.6) is 0 Å². The van der Waals surface area contributed by atoms with Gasteiger partial charge in [-0.25, -0.2) is 0 Å². The number of amides is 2. The summed E-state index contributed by atoms with van der Waals surface area (Å²) < 4.78 is 0. The van der Waals surface area contributed by atoms with Gasteiger partial charge in [0.25, 0.3) is 0 Å². The highest BCUT2D eigenvalue weighted by Gasteiger charge is 2.31. The van der Waals surface area contributed by atoms with Crippen molar-refractivity contribution in [1.82, 2.24) is 10.2 Å². The third kappa shape index (κ3) is 9.53. The summed E-state index contributed by atoms with van der Waals surface area (Å²) in [6.45, 7) is 4.20. The zero-order chi connectivity index (χ0) is 27.5. The average molecular weight is 592 g/mol. The minimum absolute atomic E-state index is 0.00683. The number of thioether (sulfide) groups is 1. The lowest BCUT2D eigenvalue weighted by atomic mass is 10.0. The van der Waals surface area contributed by atoms with Gasteiger partial charge in [-0.15, -0.1) is 11.8 Å². The monoisotopic (exact) mass is 590 g/mol. The van der Waals surface area contributed by atoms with Crippen LogP contribution >= 0.6 is 46.6 Å². The number of hydrogen-bond donors (Lipinski definition) is 1. The van der Waals surface area contributed by atoms with E-state index in [1.165, 1.54) is 0 Å². The molecule has 38 heavy (non-hydrogen) atoms. The molecule has 2 atom stereocenters. The van der Waals surface area contributed by atoms with Crippen LogP contribution in [0, 0.1) is 0 Å². The number of benzene rings is 3. The Labute approximate surface area is 245 Å². The van der Waals surface area contributed by atoms with Crippen molar-refractivity contribution < 1.29 is 9.59 Å². The minimum atomic E-state index is -0.686. The molecule has 3 aromatic rings. The smallest absolute Gasteiger partial charge is 0.243 e. The van der Waals surface area contributed by atoms with Crippen molar-refractivity contribution in [2.75, 3.05) is 5.75 Å². The molecule has 0 saturated carbocycles. The summed E-state index contributed by atoms with van der Waals surface area (Å²) >= 11 is 20.3. The van der Waals surface area contributed by atoms with Crippen molar-refractivity contribution in [2.45, 2.75) is 63.1 Å². The van der Waals surface area contributed by atoms with Gasteiger partial charge in [0.15, 0.2) is 0 Å². The highest BCUT2D eigenvalue weighted by Crippen LogP contribution is 2.26. The molecule has 4 nitrogen and oxygen atoms in total. The first-order valence-corrected chi connectivity index (χ1v) is 14.8. The van der Waals surface area contributed by atoms with E-state index in [1.807, 2.05) is 74.5 Å². The largest absolute Gasteiger partial charge is 0.352 e. The summed E-state index contributed by atoms with van der Waals surface area (Å²) in [4.78, 5) is 30.1. The molecule has 0 spiro atoms. The molecule has 3 aromatic carbocycles. The van der Waals surface area contributed by atoms with Gasteiger partial charge in [-0.3, -0.25) is 9.59 Å². The Balaban J connectivity index is 1.82. The summed E-state index contributed by atoms with van der Waals surface area (Å²) in [5.74, 6) is 0.510. The van der Waals surface area contributed by atoms with Gasteiger partial charge in [0.1, 0.15) is 6.04 Å². The molecule has 0 aliphatic rings. The lowest BCUT2D eigenvalue weighted by Gasteiger charge is -2.32. The third-order valence-electron chi connectivity index (χ3n) is 6.25. The van der Waals surface area contributed by atoms with Gasteiger partial charge in [0.2, 0.25) is 11.8 Å².